The molecule has 0 aromatic heterocycles. The minimum atomic E-state index is -0.336. The summed E-state index contributed by atoms with van der Waals surface area (Å²) in [5.74, 6) is 1.32. The molecule has 6 heteroatoms. The molecule has 2 aromatic rings. The highest BCUT2D eigenvalue weighted by Gasteiger charge is 2.39. The Morgan fingerprint density at radius 2 is 2.08 bits per heavy atom. The first kappa shape index (κ1) is 16.1. The van der Waals surface area contributed by atoms with Crippen LogP contribution in [-0.4, -0.2) is 12.0 Å². The van der Waals surface area contributed by atoms with Crippen LogP contribution < -0.4 is 10.1 Å². The first-order chi connectivity index (χ1) is 12.1. The molecular weight excluding hydrogens is 384 g/mol. The SMILES string of the molecule is COc1ccc(Br)cc1C1Nc2ccc([N+](=O)[O-])cc2C2C=CCC21. The van der Waals surface area contributed by atoms with Crippen LogP contribution in [-0.2, 0) is 0 Å². The zero-order valence-corrected chi connectivity index (χ0v) is 15.2. The monoisotopic (exact) mass is 400 g/mol. The van der Waals surface area contributed by atoms with Crippen molar-refractivity contribution < 1.29 is 9.66 Å². The van der Waals surface area contributed by atoms with E-state index in [-0.39, 0.29) is 22.6 Å². The van der Waals surface area contributed by atoms with Gasteiger partial charge < -0.3 is 10.1 Å². The quantitative estimate of drug-likeness (QED) is 0.437. The molecule has 0 bridgehead atoms. The summed E-state index contributed by atoms with van der Waals surface area (Å²) < 4.78 is 6.57. The maximum absolute atomic E-state index is 11.1. The fourth-order valence-electron chi connectivity index (χ4n) is 3.95. The lowest BCUT2D eigenvalue weighted by atomic mass is 9.76. The van der Waals surface area contributed by atoms with Crippen molar-refractivity contribution in [2.45, 2.75) is 18.4 Å². The lowest BCUT2D eigenvalue weighted by molar-refractivity contribution is -0.384. The molecule has 1 heterocycles. The Balaban J connectivity index is 1.81. The van der Waals surface area contributed by atoms with Gasteiger partial charge in [0.1, 0.15) is 5.75 Å². The van der Waals surface area contributed by atoms with Crippen LogP contribution in [0.25, 0.3) is 0 Å². The van der Waals surface area contributed by atoms with Crippen LogP contribution in [0.2, 0.25) is 0 Å². The molecule has 0 spiro atoms. The first-order valence-electron chi connectivity index (χ1n) is 8.13. The number of halogens is 1. The van der Waals surface area contributed by atoms with E-state index in [2.05, 4.69) is 39.5 Å². The number of benzene rings is 2. The molecule has 3 atom stereocenters. The van der Waals surface area contributed by atoms with Gasteiger partial charge in [-0.25, -0.2) is 0 Å². The van der Waals surface area contributed by atoms with Gasteiger partial charge in [0.2, 0.25) is 0 Å². The van der Waals surface area contributed by atoms with Crippen molar-refractivity contribution in [1.29, 1.82) is 0 Å². The number of hydrogen-bond acceptors (Lipinski definition) is 4. The highest BCUT2D eigenvalue weighted by molar-refractivity contribution is 9.10. The lowest BCUT2D eigenvalue weighted by Gasteiger charge is -2.37. The number of methoxy groups -OCH3 is 1. The molecule has 0 saturated heterocycles. The fraction of sp³-hybridized carbons (Fsp3) is 0.263. The standard InChI is InChI=1S/C19H17BrN2O3/c1-25-18-8-5-11(20)9-16(18)19-14-4-2-3-13(14)15-10-12(22(23)24)6-7-17(15)21-19/h2-3,5-10,13-14,19,21H,4H2,1H3. The van der Waals surface area contributed by atoms with Crippen LogP contribution in [0.5, 0.6) is 5.75 Å². The third-order valence-corrected chi connectivity index (χ3v) is 5.58. The largest absolute Gasteiger partial charge is 0.496 e. The number of allylic oxidation sites excluding steroid dienone is 2. The van der Waals surface area contributed by atoms with Crippen LogP contribution in [0.15, 0.2) is 53.0 Å². The molecule has 3 unspecified atom stereocenters. The Morgan fingerprint density at radius 1 is 1.24 bits per heavy atom. The summed E-state index contributed by atoms with van der Waals surface area (Å²) in [4.78, 5) is 10.8. The number of rotatable bonds is 3. The van der Waals surface area contributed by atoms with Crippen molar-refractivity contribution in [3.63, 3.8) is 0 Å². The Morgan fingerprint density at radius 3 is 2.84 bits per heavy atom. The van der Waals surface area contributed by atoms with Gasteiger partial charge >= 0.3 is 0 Å². The smallest absolute Gasteiger partial charge is 0.269 e. The van der Waals surface area contributed by atoms with Gasteiger partial charge in [-0.2, -0.15) is 0 Å². The van der Waals surface area contributed by atoms with Crippen molar-refractivity contribution >= 4 is 27.3 Å². The molecule has 4 rings (SSSR count). The molecule has 128 valence electrons. The van der Waals surface area contributed by atoms with Gasteiger partial charge in [-0.05, 0) is 42.2 Å². The van der Waals surface area contributed by atoms with Gasteiger partial charge in [0.05, 0.1) is 18.1 Å². The van der Waals surface area contributed by atoms with Crippen LogP contribution in [0.3, 0.4) is 0 Å². The molecule has 2 aromatic carbocycles. The van der Waals surface area contributed by atoms with Crippen molar-refractivity contribution in [3.8, 4) is 5.75 Å². The van der Waals surface area contributed by atoms with E-state index in [9.17, 15) is 10.1 Å². The number of anilines is 1. The van der Waals surface area contributed by atoms with Gasteiger partial charge in [-0.1, -0.05) is 28.1 Å². The summed E-state index contributed by atoms with van der Waals surface area (Å²) in [6.45, 7) is 0. The lowest BCUT2D eigenvalue weighted by Crippen LogP contribution is -2.29. The Hall–Kier alpha value is -2.34. The number of non-ortho nitro benzene ring substituents is 1. The Labute approximate surface area is 154 Å². The Kier molecular flexibility index (Phi) is 4.00. The second kappa shape index (κ2) is 6.19. The molecule has 0 radical (unpaired) electrons. The summed E-state index contributed by atoms with van der Waals surface area (Å²) in [5.41, 5.74) is 3.18. The first-order valence-corrected chi connectivity index (χ1v) is 8.93. The number of nitrogens with one attached hydrogen (secondary N) is 1. The molecule has 1 aliphatic heterocycles. The van der Waals surface area contributed by atoms with Gasteiger partial charge in [0.25, 0.3) is 5.69 Å². The highest BCUT2D eigenvalue weighted by Crippen LogP contribution is 2.51. The van der Waals surface area contributed by atoms with E-state index >= 15 is 0 Å². The van der Waals surface area contributed by atoms with Crippen LogP contribution in [0.4, 0.5) is 11.4 Å². The van der Waals surface area contributed by atoms with E-state index in [1.807, 2.05) is 18.2 Å². The normalized spacial score (nSPS) is 23.5. The molecule has 25 heavy (non-hydrogen) atoms. The number of nitro benzene ring substituents is 1. The van der Waals surface area contributed by atoms with Crippen molar-refractivity contribution in [2.75, 3.05) is 12.4 Å². The molecule has 0 saturated carbocycles. The van der Waals surface area contributed by atoms with Crippen LogP contribution in [0, 0.1) is 16.0 Å². The van der Waals surface area contributed by atoms with E-state index < -0.39 is 0 Å². The highest BCUT2D eigenvalue weighted by atomic mass is 79.9. The predicted molar refractivity (Wildman–Crippen MR) is 100 cm³/mol. The van der Waals surface area contributed by atoms with Gasteiger partial charge in [0.15, 0.2) is 0 Å². The average Bonchev–Trinajstić information content (AvgIpc) is 3.10. The van der Waals surface area contributed by atoms with E-state index in [0.717, 1.165) is 33.5 Å². The molecule has 1 N–H and O–H groups in total. The molecule has 0 amide bonds. The maximum Gasteiger partial charge on any atom is 0.269 e. The van der Waals surface area contributed by atoms with Gasteiger partial charge in [0, 0.05) is 33.8 Å². The summed E-state index contributed by atoms with van der Waals surface area (Å²) in [6, 6.07) is 11.2. The minimum absolute atomic E-state index is 0.0846. The van der Waals surface area contributed by atoms with Gasteiger partial charge in [-0.15, -0.1) is 0 Å². The van der Waals surface area contributed by atoms with E-state index in [0.29, 0.717) is 5.92 Å². The Bertz CT molecular complexity index is 881. The predicted octanol–water partition coefficient (Wildman–Crippen LogP) is 5.19. The summed E-state index contributed by atoms with van der Waals surface area (Å²) in [6.07, 6.45) is 5.27. The zero-order valence-electron chi connectivity index (χ0n) is 13.6. The molecule has 2 aliphatic rings. The number of nitro groups is 1. The summed E-state index contributed by atoms with van der Waals surface area (Å²) in [5, 5.41) is 14.7. The van der Waals surface area contributed by atoms with E-state index in [1.54, 1.807) is 19.2 Å². The second-order valence-electron chi connectivity index (χ2n) is 6.39. The minimum Gasteiger partial charge on any atom is -0.496 e. The average molecular weight is 401 g/mol. The fourth-order valence-corrected chi connectivity index (χ4v) is 4.33. The maximum atomic E-state index is 11.1. The summed E-state index contributed by atoms with van der Waals surface area (Å²) in [7, 11) is 1.68. The second-order valence-corrected chi connectivity index (χ2v) is 7.31. The van der Waals surface area contributed by atoms with Crippen molar-refractivity contribution in [1.82, 2.24) is 0 Å². The number of nitrogens with zero attached hydrogens (tertiary/aromatic N) is 1. The molecule has 1 aliphatic carbocycles. The van der Waals surface area contributed by atoms with Gasteiger partial charge in [-0.3, -0.25) is 10.1 Å². The third kappa shape index (κ3) is 2.70. The number of ether oxygens (including phenoxy) is 1. The van der Waals surface area contributed by atoms with Crippen molar-refractivity contribution in [2.24, 2.45) is 5.92 Å². The van der Waals surface area contributed by atoms with Crippen molar-refractivity contribution in [3.05, 3.63) is 74.3 Å². The molecule has 5 nitrogen and oxygen atoms in total. The van der Waals surface area contributed by atoms with Crippen LogP contribution >= 0.6 is 15.9 Å². The number of hydrogen-bond donors (Lipinski definition) is 1. The third-order valence-electron chi connectivity index (χ3n) is 5.08. The van der Waals surface area contributed by atoms with Crippen LogP contribution in [0.1, 0.15) is 29.5 Å². The molecular formula is C19H17BrN2O3. The summed E-state index contributed by atoms with van der Waals surface area (Å²) >= 11 is 3.55. The van der Waals surface area contributed by atoms with E-state index in [1.165, 1.54) is 0 Å². The topological polar surface area (TPSA) is 64.4 Å². The van der Waals surface area contributed by atoms with E-state index in [4.69, 9.17) is 4.74 Å². The zero-order chi connectivity index (χ0) is 17.6. The molecule has 0 fully saturated rings. The number of fused-ring (bicyclic) bond motifs is 3.